The molecule has 2 N–H and O–H groups in total. The van der Waals surface area contributed by atoms with E-state index in [2.05, 4.69) is 15.8 Å². The van der Waals surface area contributed by atoms with Crippen molar-refractivity contribution in [1.29, 1.82) is 0 Å². The van der Waals surface area contributed by atoms with E-state index in [0.717, 1.165) is 24.1 Å². The lowest BCUT2D eigenvalue weighted by Crippen LogP contribution is -2.31. The molecule has 1 saturated carbocycles. The Kier molecular flexibility index (Phi) is 4.32. The van der Waals surface area contributed by atoms with E-state index in [4.69, 9.17) is 4.74 Å². The molecule has 6 heteroatoms. The van der Waals surface area contributed by atoms with Gasteiger partial charge in [0.15, 0.2) is 0 Å². The summed E-state index contributed by atoms with van der Waals surface area (Å²) in [5.41, 5.74) is 4.96. The Morgan fingerprint density at radius 3 is 2.65 bits per heavy atom. The molecule has 2 unspecified atom stereocenters. The van der Waals surface area contributed by atoms with E-state index < -0.39 is 6.09 Å². The second-order valence-corrected chi connectivity index (χ2v) is 6.29. The van der Waals surface area contributed by atoms with Gasteiger partial charge >= 0.3 is 6.09 Å². The van der Waals surface area contributed by atoms with E-state index in [0.29, 0.717) is 18.0 Å². The SMILES string of the molecule is CC1CC(=O)NN=C1c1ccc(NC(=O)OC(C)C2CC2)cc1. The molecule has 2 amide bonds. The van der Waals surface area contributed by atoms with Gasteiger partial charge in [-0.1, -0.05) is 19.1 Å². The van der Waals surface area contributed by atoms with Crippen molar-refractivity contribution in [2.24, 2.45) is 16.9 Å². The van der Waals surface area contributed by atoms with Crippen LogP contribution in [0.15, 0.2) is 29.4 Å². The van der Waals surface area contributed by atoms with E-state index in [1.807, 2.05) is 38.1 Å². The van der Waals surface area contributed by atoms with Crippen molar-refractivity contribution in [2.45, 2.75) is 39.2 Å². The Bertz CT molecular complexity index is 635. The average Bonchev–Trinajstić information content (AvgIpc) is 3.33. The summed E-state index contributed by atoms with van der Waals surface area (Å²) in [6, 6.07) is 7.38. The van der Waals surface area contributed by atoms with Gasteiger partial charge < -0.3 is 4.74 Å². The lowest BCUT2D eigenvalue weighted by Gasteiger charge is -2.19. The van der Waals surface area contributed by atoms with E-state index in [1.165, 1.54) is 0 Å². The maximum atomic E-state index is 11.8. The second-order valence-electron chi connectivity index (χ2n) is 6.29. The third kappa shape index (κ3) is 3.88. The minimum atomic E-state index is -0.423. The molecule has 1 aliphatic carbocycles. The number of rotatable bonds is 4. The molecule has 0 aromatic heterocycles. The van der Waals surface area contributed by atoms with Gasteiger partial charge in [-0.05, 0) is 43.4 Å². The highest BCUT2D eigenvalue weighted by atomic mass is 16.6. The second kappa shape index (κ2) is 6.40. The zero-order valence-electron chi connectivity index (χ0n) is 13.3. The van der Waals surface area contributed by atoms with E-state index in [-0.39, 0.29) is 17.9 Å². The number of hydrogen-bond donors (Lipinski definition) is 2. The van der Waals surface area contributed by atoms with Crippen molar-refractivity contribution in [3.63, 3.8) is 0 Å². The van der Waals surface area contributed by atoms with Crippen LogP contribution in [-0.2, 0) is 9.53 Å². The summed E-state index contributed by atoms with van der Waals surface area (Å²) in [6.07, 6.45) is 2.26. The topological polar surface area (TPSA) is 79.8 Å². The number of hydrogen-bond acceptors (Lipinski definition) is 4. The fourth-order valence-corrected chi connectivity index (χ4v) is 2.70. The first kappa shape index (κ1) is 15.5. The van der Waals surface area contributed by atoms with Crippen LogP contribution in [0.4, 0.5) is 10.5 Å². The minimum Gasteiger partial charge on any atom is -0.446 e. The van der Waals surface area contributed by atoms with Crippen molar-refractivity contribution < 1.29 is 14.3 Å². The first-order chi connectivity index (χ1) is 11.0. The number of anilines is 1. The van der Waals surface area contributed by atoms with Gasteiger partial charge in [0.2, 0.25) is 5.91 Å². The maximum absolute atomic E-state index is 11.8. The average molecular weight is 315 g/mol. The van der Waals surface area contributed by atoms with E-state index in [9.17, 15) is 9.59 Å². The highest BCUT2D eigenvalue weighted by Crippen LogP contribution is 2.34. The van der Waals surface area contributed by atoms with Gasteiger partial charge in [-0.2, -0.15) is 5.10 Å². The van der Waals surface area contributed by atoms with Crippen LogP contribution in [0.1, 0.15) is 38.7 Å². The number of nitrogens with zero attached hydrogens (tertiary/aromatic N) is 1. The predicted molar refractivity (Wildman–Crippen MR) is 87.2 cm³/mol. The molecule has 1 aliphatic heterocycles. The number of hydrazone groups is 1. The van der Waals surface area contributed by atoms with Crippen molar-refractivity contribution in [3.05, 3.63) is 29.8 Å². The summed E-state index contributed by atoms with van der Waals surface area (Å²) in [5.74, 6) is 0.531. The van der Waals surface area contributed by atoms with Crippen molar-refractivity contribution in [3.8, 4) is 0 Å². The molecule has 3 rings (SSSR count). The maximum Gasteiger partial charge on any atom is 0.411 e. The monoisotopic (exact) mass is 315 g/mol. The molecule has 0 saturated heterocycles. The molecule has 0 spiro atoms. The van der Waals surface area contributed by atoms with Crippen molar-refractivity contribution in [1.82, 2.24) is 5.43 Å². The molecule has 23 heavy (non-hydrogen) atoms. The Hall–Kier alpha value is -2.37. The molecule has 0 radical (unpaired) electrons. The van der Waals surface area contributed by atoms with Gasteiger partial charge in [0.05, 0.1) is 5.71 Å². The first-order valence-electron chi connectivity index (χ1n) is 7.97. The number of carbonyl (C=O) groups excluding carboxylic acids is 2. The first-order valence-corrected chi connectivity index (χ1v) is 7.97. The number of nitrogens with one attached hydrogen (secondary N) is 2. The summed E-state index contributed by atoms with van der Waals surface area (Å²) in [4.78, 5) is 23.1. The molecule has 2 atom stereocenters. The summed E-state index contributed by atoms with van der Waals surface area (Å²) >= 11 is 0. The largest absolute Gasteiger partial charge is 0.446 e. The fourth-order valence-electron chi connectivity index (χ4n) is 2.70. The smallest absolute Gasteiger partial charge is 0.411 e. The third-order valence-electron chi connectivity index (χ3n) is 4.27. The summed E-state index contributed by atoms with van der Waals surface area (Å²) in [7, 11) is 0. The zero-order valence-corrected chi connectivity index (χ0v) is 13.3. The summed E-state index contributed by atoms with van der Waals surface area (Å²) < 4.78 is 5.33. The summed E-state index contributed by atoms with van der Waals surface area (Å²) in [6.45, 7) is 3.90. The third-order valence-corrected chi connectivity index (χ3v) is 4.27. The van der Waals surface area contributed by atoms with E-state index in [1.54, 1.807) is 0 Å². The van der Waals surface area contributed by atoms with Crippen LogP contribution < -0.4 is 10.7 Å². The predicted octanol–water partition coefficient (Wildman–Crippen LogP) is 2.89. The molecule has 1 aromatic rings. The highest BCUT2D eigenvalue weighted by Gasteiger charge is 2.30. The van der Waals surface area contributed by atoms with Crippen LogP contribution in [0.3, 0.4) is 0 Å². The Balaban J connectivity index is 1.60. The van der Waals surface area contributed by atoms with Crippen LogP contribution in [-0.4, -0.2) is 23.8 Å². The fraction of sp³-hybridized carbons (Fsp3) is 0.471. The molecular formula is C17H21N3O3. The quantitative estimate of drug-likeness (QED) is 0.896. The Morgan fingerprint density at radius 1 is 1.35 bits per heavy atom. The number of carbonyl (C=O) groups is 2. The number of ether oxygens (including phenoxy) is 1. The Morgan fingerprint density at radius 2 is 2.04 bits per heavy atom. The van der Waals surface area contributed by atoms with Gasteiger partial charge in [-0.25, -0.2) is 10.2 Å². The molecule has 0 bridgehead atoms. The zero-order chi connectivity index (χ0) is 16.4. The van der Waals surface area contributed by atoms with Crippen molar-refractivity contribution >= 4 is 23.4 Å². The van der Waals surface area contributed by atoms with Gasteiger partial charge in [-0.3, -0.25) is 10.1 Å². The van der Waals surface area contributed by atoms with Crippen LogP contribution in [0, 0.1) is 11.8 Å². The van der Waals surface area contributed by atoms with Gasteiger partial charge in [0.1, 0.15) is 6.10 Å². The van der Waals surface area contributed by atoms with Gasteiger partial charge in [-0.15, -0.1) is 0 Å². The molecule has 6 nitrogen and oxygen atoms in total. The molecule has 1 heterocycles. The molecule has 2 aliphatic rings. The van der Waals surface area contributed by atoms with Crippen LogP contribution >= 0.6 is 0 Å². The standard InChI is InChI=1S/C17H21N3O3/c1-10-9-15(21)19-20-16(10)13-5-7-14(8-6-13)18-17(22)23-11(2)12-3-4-12/h5-8,10-12H,3-4,9H2,1-2H3,(H,18,22)(H,19,21). The Labute approximate surface area is 135 Å². The van der Waals surface area contributed by atoms with Crippen LogP contribution in [0.5, 0.6) is 0 Å². The van der Waals surface area contributed by atoms with Gasteiger partial charge in [0.25, 0.3) is 0 Å². The molecule has 1 aromatic carbocycles. The molecule has 1 fully saturated rings. The number of benzene rings is 1. The van der Waals surface area contributed by atoms with E-state index >= 15 is 0 Å². The normalized spacial score (nSPS) is 21.9. The minimum absolute atomic E-state index is 0.0321. The van der Waals surface area contributed by atoms with Crippen LogP contribution in [0.25, 0.3) is 0 Å². The van der Waals surface area contributed by atoms with Crippen LogP contribution in [0.2, 0.25) is 0 Å². The lowest BCUT2D eigenvalue weighted by atomic mass is 9.94. The highest BCUT2D eigenvalue weighted by molar-refractivity contribution is 6.06. The number of amides is 2. The molecule has 122 valence electrons. The summed E-state index contributed by atoms with van der Waals surface area (Å²) in [5, 5.41) is 6.86. The van der Waals surface area contributed by atoms with Crippen molar-refractivity contribution in [2.75, 3.05) is 5.32 Å². The lowest BCUT2D eigenvalue weighted by molar-refractivity contribution is -0.121. The van der Waals surface area contributed by atoms with Gasteiger partial charge in [0, 0.05) is 18.0 Å². The molecular weight excluding hydrogens is 294 g/mol.